The van der Waals surface area contributed by atoms with Crippen LogP contribution in [0.3, 0.4) is 0 Å². The topological polar surface area (TPSA) is 93.5 Å². The summed E-state index contributed by atoms with van der Waals surface area (Å²) in [5.41, 5.74) is 5.07. The first-order valence-corrected chi connectivity index (χ1v) is 5.41. The van der Waals surface area contributed by atoms with Crippen molar-refractivity contribution in [2.75, 3.05) is 26.2 Å². The summed E-state index contributed by atoms with van der Waals surface area (Å²) in [4.78, 5) is 21.9. The molecule has 4 N–H and O–H groups in total. The van der Waals surface area contributed by atoms with Gasteiger partial charge in [-0.25, -0.2) is 0 Å². The van der Waals surface area contributed by atoms with Gasteiger partial charge in [-0.15, -0.1) is 0 Å². The fourth-order valence-electron chi connectivity index (χ4n) is 0.933. The van der Waals surface area contributed by atoms with Gasteiger partial charge in [0.2, 0.25) is 11.8 Å². The van der Waals surface area contributed by atoms with Gasteiger partial charge in [-0.3, -0.25) is 9.59 Å². The molecule has 0 spiro atoms. The average molecular weight is 231 g/mol. The van der Waals surface area contributed by atoms with Gasteiger partial charge in [0, 0.05) is 13.2 Å². The maximum Gasteiger partial charge on any atom is 0.239 e. The van der Waals surface area contributed by atoms with Crippen molar-refractivity contribution >= 4 is 11.8 Å². The number of nitrogens with two attached hydrogens (primary N) is 1. The number of rotatable bonds is 8. The van der Waals surface area contributed by atoms with Crippen molar-refractivity contribution in [2.45, 2.75) is 26.4 Å². The predicted octanol–water partition coefficient (Wildman–Crippen LogP) is -1.01. The molecule has 16 heavy (non-hydrogen) atoms. The maximum absolute atomic E-state index is 11.2. The van der Waals surface area contributed by atoms with E-state index in [2.05, 4.69) is 10.6 Å². The van der Waals surface area contributed by atoms with E-state index < -0.39 is 0 Å². The number of ether oxygens (including phenoxy) is 1. The Labute approximate surface area is 95.9 Å². The van der Waals surface area contributed by atoms with Crippen molar-refractivity contribution in [1.82, 2.24) is 10.6 Å². The van der Waals surface area contributed by atoms with E-state index in [1.54, 1.807) is 0 Å². The van der Waals surface area contributed by atoms with Crippen LogP contribution in [-0.2, 0) is 14.3 Å². The lowest BCUT2D eigenvalue weighted by molar-refractivity contribution is -0.125. The highest BCUT2D eigenvalue weighted by atomic mass is 16.5. The Bertz CT molecular complexity index is 219. The zero-order valence-electron chi connectivity index (χ0n) is 9.91. The lowest BCUT2D eigenvalue weighted by Crippen LogP contribution is -2.39. The lowest BCUT2D eigenvalue weighted by atomic mass is 10.4. The molecule has 0 saturated heterocycles. The van der Waals surface area contributed by atoms with Gasteiger partial charge in [0.15, 0.2) is 0 Å². The number of hydrogen-bond acceptors (Lipinski definition) is 4. The molecule has 0 fully saturated rings. The summed E-state index contributed by atoms with van der Waals surface area (Å²) in [6.07, 6.45) is 0.967. The normalized spacial score (nSPS) is 10.2. The second-order valence-electron chi connectivity index (χ2n) is 3.60. The number of carbonyl (C=O) groups is 2. The summed E-state index contributed by atoms with van der Waals surface area (Å²) in [5.74, 6) is -0.551. The predicted molar refractivity (Wildman–Crippen MR) is 60.8 cm³/mol. The molecule has 0 atom stereocenters. The van der Waals surface area contributed by atoms with E-state index in [1.165, 1.54) is 0 Å². The van der Waals surface area contributed by atoms with E-state index in [0.717, 1.165) is 6.42 Å². The van der Waals surface area contributed by atoms with E-state index in [4.69, 9.17) is 10.5 Å². The summed E-state index contributed by atoms with van der Waals surface area (Å²) in [7, 11) is 0. The van der Waals surface area contributed by atoms with Gasteiger partial charge >= 0.3 is 0 Å². The molecule has 0 aromatic carbocycles. The smallest absolute Gasteiger partial charge is 0.239 e. The molecule has 0 heterocycles. The molecule has 0 radical (unpaired) electrons. The molecule has 0 bridgehead atoms. The van der Waals surface area contributed by atoms with Crippen LogP contribution in [0.2, 0.25) is 0 Å². The molecule has 0 aliphatic carbocycles. The highest BCUT2D eigenvalue weighted by Crippen LogP contribution is 1.88. The monoisotopic (exact) mass is 231 g/mol. The van der Waals surface area contributed by atoms with Gasteiger partial charge < -0.3 is 21.1 Å². The van der Waals surface area contributed by atoms with Crippen LogP contribution in [0, 0.1) is 0 Å². The van der Waals surface area contributed by atoms with E-state index in [9.17, 15) is 9.59 Å². The molecule has 0 aliphatic heterocycles. The fraction of sp³-hybridized carbons (Fsp3) is 0.800. The van der Waals surface area contributed by atoms with Gasteiger partial charge in [0.25, 0.3) is 0 Å². The van der Waals surface area contributed by atoms with E-state index in [-0.39, 0.29) is 31.0 Å². The Balaban J connectivity index is 3.34. The average Bonchev–Trinajstić information content (AvgIpc) is 2.24. The van der Waals surface area contributed by atoms with Gasteiger partial charge in [-0.2, -0.15) is 0 Å². The summed E-state index contributed by atoms with van der Waals surface area (Å²) in [6, 6.07) is 0. The number of nitrogens with one attached hydrogen (secondary N) is 2. The zero-order chi connectivity index (χ0) is 12.4. The SMILES string of the molecule is CC(C)OCCCNC(=O)CNC(=O)CN. The lowest BCUT2D eigenvalue weighted by Gasteiger charge is -2.08. The Morgan fingerprint density at radius 2 is 1.94 bits per heavy atom. The van der Waals surface area contributed by atoms with Crippen LogP contribution in [0.15, 0.2) is 0 Å². The van der Waals surface area contributed by atoms with Crippen molar-refractivity contribution in [3.8, 4) is 0 Å². The van der Waals surface area contributed by atoms with Crippen molar-refractivity contribution in [2.24, 2.45) is 5.73 Å². The number of amides is 2. The van der Waals surface area contributed by atoms with Gasteiger partial charge in [-0.05, 0) is 20.3 Å². The Hall–Kier alpha value is -1.14. The number of carbonyl (C=O) groups excluding carboxylic acids is 2. The van der Waals surface area contributed by atoms with Crippen molar-refractivity contribution in [3.63, 3.8) is 0 Å². The molecule has 0 rings (SSSR count). The van der Waals surface area contributed by atoms with Crippen molar-refractivity contribution in [1.29, 1.82) is 0 Å². The first-order valence-electron chi connectivity index (χ1n) is 5.41. The Morgan fingerprint density at radius 3 is 2.50 bits per heavy atom. The van der Waals surface area contributed by atoms with Crippen LogP contribution in [0.4, 0.5) is 0 Å². The van der Waals surface area contributed by atoms with Gasteiger partial charge in [0.1, 0.15) is 0 Å². The Morgan fingerprint density at radius 1 is 1.25 bits per heavy atom. The molecule has 0 aliphatic rings. The first-order chi connectivity index (χ1) is 7.56. The third kappa shape index (κ3) is 9.42. The third-order valence-electron chi connectivity index (χ3n) is 1.73. The molecule has 0 unspecified atom stereocenters. The summed E-state index contributed by atoms with van der Waals surface area (Å²) in [5, 5.41) is 5.05. The molecule has 6 nitrogen and oxygen atoms in total. The number of hydrogen-bond donors (Lipinski definition) is 3. The standard InChI is InChI=1S/C10H21N3O3/c1-8(2)16-5-3-4-12-10(15)7-13-9(14)6-11/h8H,3-7,11H2,1-2H3,(H,12,15)(H,13,14). The molecule has 2 amide bonds. The second-order valence-corrected chi connectivity index (χ2v) is 3.60. The minimum absolute atomic E-state index is 0.0267. The van der Waals surface area contributed by atoms with Crippen LogP contribution in [0.5, 0.6) is 0 Å². The van der Waals surface area contributed by atoms with Crippen molar-refractivity contribution in [3.05, 3.63) is 0 Å². The molecule has 0 aromatic rings. The summed E-state index contributed by atoms with van der Waals surface area (Å²) >= 11 is 0. The summed E-state index contributed by atoms with van der Waals surface area (Å²) in [6.45, 7) is 4.95. The molecule has 0 saturated carbocycles. The van der Waals surface area contributed by atoms with Crippen LogP contribution < -0.4 is 16.4 Å². The molecule has 0 aromatic heterocycles. The zero-order valence-corrected chi connectivity index (χ0v) is 9.91. The van der Waals surface area contributed by atoms with Gasteiger partial charge in [-0.1, -0.05) is 0 Å². The van der Waals surface area contributed by atoms with Crippen LogP contribution >= 0.6 is 0 Å². The van der Waals surface area contributed by atoms with Crippen molar-refractivity contribution < 1.29 is 14.3 Å². The fourth-order valence-corrected chi connectivity index (χ4v) is 0.933. The van der Waals surface area contributed by atoms with E-state index in [1.807, 2.05) is 13.8 Å². The maximum atomic E-state index is 11.2. The van der Waals surface area contributed by atoms with Crippen LogP contribution in [0.25, 0.3) is 0 Å². The highest BCUT2D eigenvalue weighted by Gasteiger charge is 2.02. The third-order valence-corrected chi connectivity index (χ3v) is 1.73. The minimum Gasteiger partial charge on any atom is -0.379 e. The second kappa shape index (κ2) is 9.11. The molecular formula is C10H21N3O3. The molecule has 94 valence electrons. The first kappa shape index (κ1) is 14.9. The van der Waals surface area contributed by atoms with Crippen LogP contribution in [-0.4, -0.2) is 44.2 Å². The molecule has 6 heteroatoms. The minimum atomic E-state index is -0.335. The largest absolute Gasteiger partial charge is 0.379 e. The molecular weight excluding hydrogens is 210 g/mol. The van der Waals surface area contributed by atoms with E-state index >= 15 is 0 Å². The quantitative estimate of drug-likeness (QED) is 0.467. The highest BCUT2D eigenvalue weighted by molar-refractivity contribution is 5.85. The summed E-state index contributed by atoms with van der Waals surface area (Å²) < 4.78 is 5.30. The van der Waals surface area contributed by atoms with E-state index in [0.29, 0.717) is 13.2 Å². The van der Waals surface area contributed by atoms with Gasteiger partial charge in [0.05, 0.1) is 19.2 Å². The Kier molecular flexibility index (Phi) is 8.46. The van der Waals surface area contributed by atoms with Crippen LogP contribution in [0.1, 0.15) is 20.3 Å².